The molecule has 1 fully saturated rings. The molecule has 29 heavy (non-hydrogen) atoms. The highest BCUT2D eigenvalue weighted by atomic mass is 32.2. The van der Waals surface area contributed by atoms with E-state index in [2.05, 4.69) is 4.98 Å². The molecule has 1 aliphatic rings. The average Bonchev–Trinajstić information content (AvgIpc) is 2.88. The van der Waals surface area contributed by atoms with Crippen molar-refractivity contribution in [3.63, 3.8) is 0 Å². The quantitative estimate of drug-likeness (QED) is 0.502. The summed E-state index contributed by atoms with van der Waals surface area (Å²) in [5.74, 6) is -1.48. The van der Waals surface area contributed by atoms with Gasteiger partial charge >= 0.3 is 0 Å². The number of benzene rings is 2. The fraction of sp³-hybridized carbons (Fsp3) is 0.273. The summed E-state index contributed by atoms with van der Waals surface area (Å²) < 4.78 is 27.7. The van der Waals surface area contributed by atoms with Gasteiger partial charge in [0.15, 0.2) is 0 Å². The first-order valence-corrected chi connectivity index (χ1v) is 10.5. The molecular weight excluding hydrogens is 394 g/mol. The van der Waals surface area contributed by atoms with Gasteiger partial charge in [0.1, 0.15) is 11.6 Å². The molecule has 1 aliphatic heterocycles. The van der Waals surface area contributed by atoms with Gasteiger partial charge in [-0.1, -0.05) is 18.2 Å². The number of Topliss-reactive ketones (excluding diaryl/α,β-unsaturated/α-hetero) is 1. The third-order valence-electron chi connectivity index (χ3n) is 5.25. The Hall–Kier alpha value is -2.67. The molecule has 0 spiro atoms. The summed E-state index contributed by atoms with van der Waals surface area (Å²) in [7, 11) is 0. The Kier molecular flexibility index (Phi) is 5.41. The number of H-pyrrole nitrogens is 1. The number of aromatic nitrogens is 1. The van der Waals surface area contributed by atoms with Crippen molar-refractivity contribution < 1.29 is 18.4 Å². The van der Waals surface area contributed by atoms with Crippen LogP contribution < -0.4 is 0 Å². The van der Waals surface area contributed by atoms with E-state index in [1.807, 2.05) is 24.3 Å². The number of ketones is 1. The van der Waals surface area contributed by atoms with Crippen molar-refractivity contribution in [2.75, 3.05) is 18.8 Å². The van der Waals surface area contributed by atoms with Crippen LogP contribution >= 0.6 is 11.8 Å². The highest BCUT2D eigenvalue weighted by Crippen LogP contribution is 2.36. The van der Waals surface area contributed by atoms with Crippen LogP contribution in [0.5, 0.6) is 0 Å². The number of carbonyl (C=O) groups is 2. The minimum atomic E-state index is -0.557. The number of hydrogen-bond donors (Lipinski definition) is 1. The lowest BCUT2D eigenvalue weighted by Gasteiger charge is -2.19. The summed E-state index contributed by atoms with van der Waals surface area (Å²) in [6.45, 7) is 2.49. The summed E-state index contributed by atoms with van der Waals surface area (Å²) in [5.41, 5.74) is 2.18. The topological polar surface area (TPSA) is 53.2 Å². The summed E-state index contributed by atoms with van der Waals surface area (Å²) in [5, 5.41) is 0.473. The van der Waals surface area contributed by atoms with Gasteiger partial charge in [-0.3, -0.25) is 9.59 Å². The lowest BCUT2D eigenvalue weighted by molar-refractivity contribution is -0.126. The van der Waals surface area contributed by atoms with Crippen LogP contribution in [0.4, 0.5) is 8.78 Å². The zero-order valence-corrected chi connectivity index (χ0v) is 16.7. The average molecular weight is 414 g/mol. The van der Waals surface area contributed by atoms with Crippen LogP contribution in [-0.2, 0) is 4.79 Å². The first-order chi connectivity index (χ1) is 14.0. The molecule has 2 aromatic carbocycles. The minimum absolute atomic E-state index is 0.256. The lowest BCUT2D eigenvalue weighted by Crippen LogP contribution is -2.38. The van der Waals surface area contributed by atoms with E-state index in [0.29, 0.717) is 42.1 Å². The molecule has 150 valence electrons. The second kappa shape index (κ2) is 7.99. The maximum absolute atomic E-state index is 14.1. The smallest absolute Gasteiger partial charge is 0.295 e. The van der Waals surface area contributed by atoms with Gasteiger partial charge in [-0.05, 0) is 37.6 Å². The molecule has 0 bridgehead atoms. The Labute approximate surface area is 171 Å². The summed E-state index contributed by atoms with van der Waals surface area (Å²) in [4.78, 5) is 30.6. The predicted octanol–water partition coefficient (Wildman–Crippen LogP) is 4.64. The van der Waals surface area contributed by atoms with E-state index in [0.717, 1.165) is 23.0 Å². The number of rotatable bonds is 3. The molecule has 1 aromatic heterocycles. The molecule has 3 aromatic rings. The van der Waals surface area contributed by atoms with Crippen LogP contribution in [0.1, 0.15) is 33.3 Å². The maximum atomic E-state index is 14.1. The number of nitrogens with zero attached hydrogens (tertiary/aromatic N) is 1. The number of aryl methyl sites for hydroxylation is 1. The monoisotopic (exact) mass is 414 g/mol. The van der Waals surface area contributed by atoms with Crippen LogP contribution in [0.25, 0.3) is 10.9 Å². The van der Waals surface area contributed by atoms with E-state index in [-0.39, 0.29) is 5.25 Å². The molecular formula is C22H20F2N2O2S. The van der Waals surface area contributed by atoms with E-state index in [4.69, 9.17) is 0 Å². The van der Waals surface area contributed by atoms with E-state index in [1.165, 1.54) is 22.7 Å². The summed E-state index contributed by atoms with van der Waals surface area (Å²) >= 11 is 1.48. The number of thioether (sulfide) groups is 1. The normalized spacial score (nSPS) is 17.3. The van der Waals surface area contributed by atoms with Gasteiger partial charge in [0.2, 0.25) is 0 Å². The Morgan fingerprint density at radius 1 is 1.14 bits per heavy atom. The number of amides is 1. The van der Waals surface area contributed by atoms with Crippen LogP contribution in [0.3, 0.4) is 0 Å². The third-order valence-corrected chi connectivity index (χ3v) is 6.56. The Morgan fingerprint density at radius 3 is 2.76 bits per heavy atom. The van der Waals surface area contributed by atoms with Gasteiger partial charge in [-0.2, -0.15) is 11.8 Å². The fourth-order valence-corrected chi connectivity index (χ4v) is 5.05. The maximum Gasteiger partial charge on any atom is 0.295 e. The van der Waals surface area contributed by atoms with Crippen molar-refractivity contribution in [2.24, 2.45) is 0 Å². The van der Waals surface area contributed by atoms with Crippen molar-refractivity contribution in [1.82, 2.24) is 9.88 Å². The highest BCUT2D eigenvalue weighted by Gasteiger charge is 2.30. The number of fused-ring (bicyclic) bond motifs is 1. The van der Waals surface area contributed by atoms with Crippen molar-refractivity contribution in [3.05, 3.63) is 70.9 Å². The van der Waals surface area contributed by atoms with Gasteiger partial charge < -0.3 is 9.88 Å². The number of carbonyl (C=O) groups excluding carboxylic acids is 2. The molecule has 1 atom stereocenters. The molecule has 4 rings (SSSR count). The molecule has 0 radical (unpaired) electrons. The van der Waals surface area contributed by atoms with Crippen LogP contribution in [-0.4, -0.2) is 40.4 Å². The number of aromatic amines is 1. The standard InChI is InChI=1S/C22H20F2N2O2S/c1-13-20(15-4-2-3-5-18(15)25-13)21(27)22(28)26-9-8-19(29-11-10-26)16-12-14(23)6-7-17(16)24/h2-7,12,19,25H,8-11H2,1H3. The Balaban J connectivity index is 1.53. The molecule has 0 saturated carbocycles. The Bertz CT molecular complexity index is 1100. The number of nitrogens with one attached hydrogen (secondary N) is 1. The second-order valence-electron chi connectivity index (χ2n) is 7.11. The van der Waals surface area contributed by atoms with E-state index in [1.54, 1.807) is 6.92 Å². The molecule has 7 heteroatoms. The number of halogens is 2. The Morgan fingerprint density at radius 2 is 1.93 bits per heavy atom. The van der Waals surface area contributed by atoms with Crippen molar-refractivity contribution >= 4 is 34.4 Å². The zero-order chi connectivity index (χ0) is 20.5. The predicted molar refractivity (Wildman–Crippen MR) is 110 cm³/mol. The van der Waals surface area contributed by atoms with Gasteiger partial charge in [0, 0.05) is 46.3 Å². The number of para-hydroxylation sites is 1. The lowest BCUT2D eigenvalue weighted by atomic mass is 10.0. The van der Waals surface area contributed by atoms with E-state index in [9.17, 15) is 18.4 Å². The first kappa shape index (κ1) is 19.6. The van der Waals surface area contributed by atoms with Crippen LogP contribution in [0.15, 0.2) is 42.5 Å². The summed E-state index contributed by atoms with van der Waals surface area (Å²) in [6, 6.07) is 10.8. The highest BCUT2D eigenvalue weighted by molar-refractivity contribution is 7.99. The van der Waals surface area contributed by atoms with Gasteiger partial charge in [0.05, 0.1) is 5.56 Å². The molecule has 2 heterocycles. The van der Waals surface area contributed by atoms with Crippen LogP contribution in [0, 0.1) is 18.6 Å². The van der Waals surface area contributed by atoms with E-state index >= 15 is 0 Å². The van der Waals surface area contributed by atoms with Crippen molar-refractivity contribution in [3.8, 4) is 0 Å². The van der Waals surface area contributed by atoms with Crippen molar-refractivity contribution in [1.29, 1.82) is 0 Å². The summed E-state index contributed by atoms with van der Waals surface area (Å²) in [6.07, 6.45) is 0.455. The zero-order valence-electron chi connectivity index (χ0n) is 15.9. The third kappa shape index (κ3) is 3.79. The van der Waals surface area contributed by atoms with Gasteiger partial charge in [0.25, 0.3) is 11.7 Å². The largest absolute Gasteiger partial charge is 0.358 e. The first-order valence-electron chi connectivity index (χ1n) is 9.43. The van der Waals surface area contributed by atoms with Gasteiger partial charge in [-0.25, -0.2) is 8.78 Å². The molecule has 0 aliphatic carbocycles. The number of hydrogen-bond acceptors (Lipinski definition) is 3. The molecule has 1 amide bonds. The van der Waals surface area contributed by atoms with Crippen molar-refractivity contribution in [2.45, 2.75) is 18.6 Å². The minimum Gasteiger partial charge on any atom is -0.358 e. The second-order valence-corrected chi connectivity index (χ2v) is 8.42. The molecule has 1 unspecified atom stereocenters. The fourth-order valence-electron chi connectivity index (χ4n) is 3.80. The SMILES string of the molecule is Cc1[nH]c2ccccc2c1C(=O)C(=O)N1CCSC(c2cc(F)ccc2F)CC1. The molecule has 1 N–H and O–H groups in total. The molecule has 4 nitrogen and oxygen atoms in total. The van der Waals surface area contributed by atoms with Crippen LogP contribution in [0.2, 0.25) is 0 Å². The van der Waals surface area contributed by atoms with E-state index < -0.39 is 23.3 Å². The van der Waals surface area contributed by atoms with Gasteiger partial charge in [-0.15, -0.1) is 0 Å². The molecule has 1 saturated heterocycles.